The molecule has 13 heteroatoms. The van der Waals surface area contributed by atoms with Gasteiger partial charge in [0.15, 0.2) is 0 Å². The Hall–Kier alpha value is -5.33. The summed E-state index contributed by atoms with van der Waals surface area (Å²) in [6.07, 6.45) is 3.21. The monoisotopic (exact) mass is 554 g/mol. The first kappa shape index (κ1) is 25.9. The third-order valence-electron chi connectivity index (χ3n) is 7.54. The summed E-state index contributed by atoms with van der Waals surface area (Å²) in [6, 6.07) is 11.3. The van der Waals surface area contributed by atoms with Crippen LogP contribution in [0.3, 0.4) is 0 Å². The number of nitrogens with zero attached hydrogens (tertiary/aromatic N) is 5. The average molecular weight is 555 g/mol. The second-order valence-electron chi connectivity index (χ2n) is 10.1. The van der Waals surface area contributed by atoms with Gasteiger partial charge in [-0.05, 0) is 59.2 Å². The number of hydrogen-bond acceptors (Lipinski definition) is 7. The molecular formula is C28H26N8O5. The molecule has 1 aliphatic heterocycles. The van der Waals surface area contributed by atoms with Gasteiger partial charge >= 0.3 is 12.0 Å². The lowest BCUT2D eigenvalue weighted by molar-refractivity contribution is 0.0696. The molecule has 3 heterocycles. The minimum atomic E-state index is -1.00. The summed E-state index contributed by atoms with van der Waals surface area (Å²) >= 11 is 0. The van der Waals surface area contributed by atoms with E-state index in [1.807, 2.05) is 18.2 Å². The molecule has 1 aliphatic carbocycles. The van der Waals surface area contributed by atoms with Gasteiger partial charge in [0.25, 0.3) is 17.6 Å². The largest absolute Gasteiger partial charge is 0.478 e. The van der Waals surface area contributed by atoms with Crippen molar-refractivity contribution in [3.8, 4) is 0 Å². The molecule has 13 nitrogen and oxygen atoms in total. The molecule has 4 aromatic rings. The summed E-state index contributed by atoms with van der Waals surface area (Å²) in [4.78, 5) is 59.3. The molecule has 0 saturated heterocycles. The third kappa shape index (κ3) is 5.04. The van der Waals surface area contributed by atoms with Gasteiger partial charge in [0.1, 0.15) is 17.7 Å². The van der Waals surface area contributed by atoms with Crippen molar-refractivity contribution in [2.75, 3.05) is 6.54 Å². The number of aromatic carboxylic acids is 1. The van der Waals surface area contributed by atoms with Crippen LogP contribution in [0.15, 0.2) is 48.8 Å². The second kappa shape index (κ2) is 10.3. The van der Waals surface area contributed by atoms with Crippen LogP contribution in [0.2, 0.25) is 0 Å². The highest BCUT2D eigenvalue weighted by Crippen LogP contribution is 2.32. The fourth-order valence-corrected chi connectivity index (χ4v) is 5.40. The fraction of sp³-hybridized carbons (Fsp3) is 0.250. The van der Waals surface area contributed by atoms with E-state index in [4.69, 9.17) is 5.73 Å². The van der Waals surface area contributed by atoms with Crippen molar-refractivity contribution >= 4 is 29.6 Å². The van der Waals surface area contributed by atoms with Crippen LogP contribution in [0, 0.1) is 0 Å². The predicted octanol–water partition coefficient (Wildman–Crippen LogP) is 1.61. The van der Waals surface area contributed by atoms with Crippen molar-refractivity contribution in [1.29, 1.82) is 0 Å². The number of aromatic nitrogens is 4. The van der Waals surface area contributed by atoms with Crippen molar-refractivity contribution in [3.05, 3.63) is 93.6 Å². The molecule has 0 radical (unpaired) electrons. The highest BCUT2D eigenvalue weighted by Gasteiger charge is 2.27. The Kier molecular flexibility index (Phi) is 6.53. The molecule has 0 fully saturated rings. The predicted molar refractivity (Wildman–Crippen MR) is 144 cm³/mol. The van der Waals surface area contributed by atoms with Gasteiger partial charge in [-0.15, -0.1) is 0 Å². The highest BCUT2D eigenvalue weighted by molar-refractivity contribution is 5.98. The van der Waals surface area contributed by atoms with Crippen LogP contribution in [0.25, 0.3) is 5.78 Å². The number of carboxylic acids is 1. The van der Waals surface area contributed by atoms with Gasteiger partial charge < -0.3 is 26.4 Å². The summed E-state index contributed by atoms with van der Waals surface area (Å²) in [5.41, 5.74) is 10.4. The van der Waals surface area contributed by atoms with Crippen LogP contribution in [-0.2, 0) is 25.9 Å². The van der Waals surface area contributed by atoms with Gasteiger partial charge in [0, 0.05) is 25.7 Å². The van der Waals surface area contributed by atoms with E-state index >= 15 is 0 Å². The minimum absolute atomic E-state index is 0.00596. The van der Waals surface area contributed by atoms with Gasteiger partial charge in [0.2, 0.25) is 0 Å². The van der Waals surface area contributed by atoms with Crippen molar-refractivity contribution in [1.82, 2.24) is 35.1 Å². The first-order chi connectivity index (χ1) is 19.8. The number of aryl methyl sites for hydroxylation is 1. The Morgan fingerprint density at radius 1 is 1.00 bits per heavy atom. The molecule has 2 aromatic carbocycles. The number of nitrogens with one attached hydrogen (secondary N) is 2. The number of hydrogen-bond donors (Lipinski definition) is 4. The molecule has 0 unspecified atom stereocenters. The van der Waals surface area contributed by atoms with Crippen molar-refractivity contribution in [2.45, 2.75) is 38.4 Å². The number of benzene rings is 2. The lowest BCUT2D eigenvalue weighted by Crippen LogP contribution is -2.39. The number of carbonyl (C=O) groups excluding carboxylic acids is 3. The smallest absolute Gasteiger partial charge is 0.335 e. The standard InChI is InChI=1S/C28H26N8O5/c29-27(41)35-8-7-16-2-1-15(9-19(16)13-35)12-30-24(37)22-11-23(36-28(34-22)31-14-32-36)25(38)33-21-6-4-17-10-18(26(39)40)3-5-20(17)21/h1-3,5,9-11,14,21H,4,6-8,12-13H2,(H2,29,41)(H,30,37)(H,33,38)(H,39,40)/t21-/m1/s1. The molecule has 0 saturated carbocycles. The SMILES string of the molecule is NC(=O)N1CCc2ccc(CNC(=O)c3cc(C(=O)N[C@@H]4CCc5cc(C(=O)O)ccc54)n4ncnc4n3)cc2C1. The Labute approximate surface area is 233 Å². The number of fused-ring (bicyclic) bond motifs is 3. The van der Waals surface area contributed by atoms with E-state index in [-0.39, 0.29) is 35.3 Å². The van der Waals surface area contributed by atoms with Crippen LogP contribution in [0.5, 0.6) is 0 Å². The number of carboxylic acid groups (broad SMARTS) is 1. The Morgan fingerprint density at radius 3 is 2.66 bits per heavy atom. The molecular weight excluding hydrogens is 528 g/mol. The number of carbonyl (C=O) groups is 4. The summed E-state index contributed by atoms with van der Waals surface area (Å²) < 4.78 is 1.27. The van der Waals surface area contributed by atoms with E-state index in [0.717, 1.165) is 27.8 Å². The molecule has 5 N–H and O–H groups in total. The van der Waals surface area contributed by atoms with Crippen LogP contribution in [-0.4, -0.2) is 59.9 Å². The zero-order chi connectivity index (χ0) is 28.7. The van der Waals surface area contributed by atoms with Crippen molar-refractivity contribution in [2.24, 2.45) is 5.73 Å². The topological polar surface area (TPSA) is 185 Å². The Bertz CT molecular complexity index is 1730. The number of urea groups is 1. The normalized spacial score (nSPS) is 15.7. The lowest BCUT2D eigenvalue weighted by Gasteiger charge is -2.27. The number of nitrogens with two attached hydrogens (primary N) is 1. The fourth-order valence-electron chi connectivity index (χ4n) is 5.40. The van der Waals surface area contributed by atoms with Gasteiger partial charge in [-0.3, -0.25) is 9.59 Å². The van der Waals surface area contributed by atoms with Crippen LogP contribution in [0.4, 0.5) is 4.79 Å². The molecule has 6 rings (SSSR count). The Morgan fingerprint density at radius 2 is 1.85 bits per heavy atom. The highest BCUT2D eigenvalue weighted by atomic mass is 16.4. The first-order valence-corrected chi connectivity index (χ1v) is 13.1. The maximum absolute atomic E-state index is 13.4. The molecule has 4 amide bonds. The van der Waals surface area contributed by atoms with E-state index in [2.05, 4.69) is 25.7 Å². The van der Waals surface area contributed by atoms with Crippen LogP contribution in [0.1, 0.15) is 71.6 Å². The zero-order valence-electron chi connectivity index (χ0n) is 21.8. The molecule has 1 atom stereocenters. The van der Waals surface area contributed by atoms with Gasteiger partial charge in [-0.25, -0.2) is 14.6 Å². The quantitative estimate of drug-likeness (QED) is 0.277. The van der Waals surface area contributed by atoms with Crippen LogP contribution < -0.4 is 16.4 Å². The molecule has 0 bridgehead atoms. The van der Waals surface area contributed by atoms with E-state index in [1.165, 1.54) is 23.0 Å². The van der Waals surface area contributed by atoms with Gasteiger partial charge in [-0.1, -0.05) is 24.3 Å². The molecule has 2 aromatic heterocycles. The van der Waals surface area contributed by atoms with E-state index in [9.17, 15) is 24.3 Å². The Balaban J connectivity index is 1.18. The van der Waals surface area contributed by atoms with E-state index in [0.29, 0.717) is 32.4 Å². The maximum Gasteiger partial charge on any atom is 0.335 e. The summed E-state index contributed by atoms with van der Waals surface area (Å²) in [5.74, 6) is -1.86. The van der Waals surface area contributed by atoms with E-state index in [1.54, 1.807) is 17.0 Å². The second-order valence-corrected chi connectivity index (χ2v) is 10.1. The first-order valence-electron chi connectivity index (χ1n) is 13.1. The maximum atomic E-state index is 13.4. The van der Waals surface area contributed by atoms with Crippen molar-refractivity contribution in [3.63, 3.8) is 0 Å². The molecule has 2 aliphatic rings. The molecule has 41 heavy (non-hydrogen) atoms. The third-order valence-corrected chi connectivity index (χ3v) is 7.54. The van der Waals surface area contributed by atoms with Gasteiger partial charge in [0.05, 0.1) is 11.6 Å². The zero-order valence-corrected chi connectivity index (χ0v) is 21.8. The minimum Gasteiger partial charge on any atom is -0.478 e. The number of primary amides is 1. The number of rotatable bonds is 6. The molecule has 208 valence electrons. The summed E-state index contributed by atoms with van der Waals surface area (Å²) in [6.45, 7) is 1.20. The van der Waals surface area contributed by atoms with Crippen LogP contribution >= 0.6 is 0 Å². The lowest BCUT2D eigenvalue weighted by atomic mass is 9.97. The number of amides is 4. The summed E-state index contributed by atoms with van der Waals surface area (Å²) in [5, 5.41) is 19.2. The summed E-state index contributed by atoms with van der Waals surface area (Å²) in [7, 11) is 0. The van der Waals surface area contributed by atoms with E-state index < -0.39 is 23.8 Å². The van der Waals surface area contributed by atoms with Crippen molar-refractivity contribution < 1.29 is 24.3 Å². The van der Waals surface area contributed by atoms with Gasteiger partial charge in [-0.2, -0.15) is 14.6 Å². The average Bonchev–Trinajstić information content (AvgIpc) is 3.61. The molecule has 0 spiro atoms.